The Hall–Kier alpha value is -0.750. The van der Waals surface area contributed by atoms with E-state index >= 15 is 0 Å². The normalized spacial score (nSPS) is 20.2. The van der Waals surface area contributed by atoms with Gasteiger partial charge in [0.2, 0.25) is 0 Å². The Bertz CT molecular complexity index is 496. The van der Waals surface area contributed by atoms with E-state index in [-0.39, 0.29) is 0 Å². The summed E-state index contributed by atoms with van der Waals surface area (Å²) in [6, 6.07) is 0. The second kappa shape index (κ2) is 7.49. The van der Waals surface area contributed by atoms with E-state index in [4.69, 9.17) is 0 Å². The summed E-state index contributed by atoms with van der Waals surface area (Å²) in [6.07, 6.45) is 0. The van der Waals surface area contributed by atoms with Crippen molar-refractivity contribution in [3.63, 3.8) is 0 Å². The van der Waals surface area contributed by atoms with Crippen molar-refractivity contribution in [3.05, 3.63) is 15.6 Å². The second-order valence-corrected chi connectivity index (χ2v) is 8.38. The molecule has 1 fully saturated rings. The second-order valence-electron chi connectivity index (χ2n) is 5.74. The molecule has 4 nitrogen and oxygen atoms in total. The third kappa shape index (κ3) is 4.36. The highest BCUT2D eigenvalue weighted by atomic mass is 32.2. The standard InChI is InChI=1S/C15H26N4S2/c1-10(2)14-9-19(6-7-20-14)15(16-5)17-8-13-11(3)18-12(4)21-13/h10,14H,6-9H2,1-5H3,(H,16,17). The van der Waals surface area contributed by atoms with E-state index in [1.807, 2.05) is 7.05 Å². The number of nitrogens with one attached hydrogen (secondary N) is 1. The molecule has 0 aliphatic carbocycles. The van der Waals surface area contributed by atoms with Crippen molar-refractivity contribution in [2.75, 3.05) is 25.9 Å². The van der Waals surface area contributed by atoms with Gasteiger partial charge >= 0.3 is 0 Å². The molecule has 1 unspecified atom stereocenters. The third-order valence-electron chi connectivity index (χ3n) is 3.76. The molecule has 0 spiro atoms. The maximum absolute atomic E-state index is 4.48. The molecule has 1 aliphatic rings. The molecule has 2 rings (SSSR count). The summed E-state index contributed by atoms with van der Waals surface area (Å²) in [5, 5.41) is 5.34. The van der Waals surface area contributed by atoms with Gasteiger partial charge in [-0.2, -0.15) is 11.8 Å². The van der Waals surface area contributed by atoms with Crippen LogP contribution in [-0.4, -0.2) is 47.0 Å². The van der Waals surface area contributed by atoms with Gasteiger partial charge in [-0.1, -0.05) is 13.8 Å². The Balaban J connectivity index is 1.95. The number of guanidine groups is 1. The minimum atomic E-state index is 0.699. The van der Waals surface area contributed by atoms with Crippen LogP contribution in [0.5, 0.6) is 0 Å². The average Bonchev–Trinajstić information content (AvgIpc) is 2.78. The fourth-order valence-electron chi connectivity index (χ4n) is 2.50. The number of aliphatic imine (C=N–C) groups is 1. The minimum Gasteiger partial charge on any atom is -0.351 e. The van der Waals surface area contributed by atoms with E-state index in [2.05, 4.69) is 59.6 Å². The molecule has 1 aromatic rings. The molecule has 0 aromatic carbocycles. The highest BCUT2D eigenvalue weighted by molar-refractivity contribution is 8.00. The van der Waals surface area contributed by atoms with Gasteiger partial charge in [0.25, 0.3) is 0 Å². The molecule has 118 valence electrons. The molecular formula is C15H26N4S2. The first-order valence-electron chi connectivity index (χ1n) is 7.51. The molecule has 0 radical (unpaired) electrons. The fraction of sp³-hybridized carbons (Fsp3) is 0.733. The molecule has 1 N–H and O–H groups in total. The van der Waals surface area contributed by atoms with Gasteiger partial charge < -0.3 is 10.2 Å². The molecule has 0 saturated carbocycles. The Labute approximate surface area is 136 Å². The summed E-state index contributed by atoms with van der Waals surface area (Å²) < 4.78 is 0. The zero-order valence-corrected chi connectivity index (χ0v) is 15.3. The van der Waals surface area contributed by atoms with Crippen LogP contribution in [0.15, 0.2) is 4.99 Å². The summed E-state index contributed by atoms with van der Waals surface area (Å²) in [4.78, 5) is 12.6. The van der Waals surface area contributed by atoms with Gasteiger partial charge in [0.05, 0.1) is 17.2 Å². The molecule has 21 heavy (non-hydrogen) atoms. The van der Waals surface area contributed by atoms with Crippen LogP contribution in [-0.2, 0) is 6.54 Å². The van der Waals surface area contributed by atoms with Crippen molar-refractivity contribution in [1.82, 2.24) is 15.2 Å². The van der Waals surface area contributed by atoms with E-state index in [1.165, 1.54) is 10.6 Å². The quantitative estimate of drug-likeness (QED) is 0.685. The van der Waals surface area contributed by atoms with Crippen LogP contribution < -0.4 is 5.32 Å². The van der Waals surface area contributed by atoms with Crippen LogP contribution in [0, 0.1) is 19.8 Å². The Morgan fingerprint density at radius 2 is 2.24 bits per heavy atom. The lowest BCUT2D eigenvalue weighted by atomic mass is 10.1. The molecule has 0 amide bonds. The summed E-state index contributed by atoms with van der Waals surface area (Å²) in [7, 11) is 1.87. The third-order valence-corrected chi connectivity index (χ3v) is 6.37. The number of aryl methyl sites for hydroxylation is 2. The highest BCUT2D eigenvalue weighted by Crippen LogP contribution is 2.25. The predicted octanol–water partition coefficient (Wildman–Crippen LogP) is 2.91. The van der Waals surface area contributed by atoms with Crippen LogP contribution in [0.1, 0.15) is 29.4 Å². The van der Waals surface area contributed by atoms with Crippen LogP contribution in [0.4, 0.5) is 0 Å². The number of hydrogen-bond acceptors (Lipinski definition) is 4. The predicted molar refractivity (Wildman–Crippen MR) is 94.4 cm³/mol. The van der Waals surface area contributed by atoms with Gasteiger partial charge in [-0.3, -0.25) is 4.99 Å². The number of nitrogens with zero attached hydrogens (tertiary/aromatic N) is 3. The molecule has 6 heteroatoms. The number of aromatic nitrogens is 1. The maximum atomic E-state index is 4.48. The fourth-order valence-corrected chi connectivity index (χ4v) is 4.68. The highest BCUT2D eigenvalue weighted by Gasteiger charge is 2.24. The maximum Gasteiger partial charge on any atom is 0.194 e. The van der Waals surface area contributed by atoms with Gasteiger partial charge in [-0.15, -0.1) is 11.3 Å². The lowest BCUT2D eigenvalue weighted by Crippen LogP contribution is -2.48. The molecular weight excluding hydrogens is 300 g/mol. The van der Waals surface area contributed by atoms with Gasteiger partial charge in [0.1, 0.15) is 0 Å². The molecule has 1 saturated heterocycles. The van der Waals surface area contributed by atoms with Crippen molar-refractivity contribution in [2.45, 2.75) is 39.5 Å². The number of rotatable bonds is 3. The molecule has 1 atom stereocenters. The summed E-state index contributed by atoms with van der Waals surface area (Å²) in [5.74, 6) is 2.91. The average molecular weight is 327 g/mol. The van der Waals surface area contributed by atoms with E-state index in [9.17, 15) is 0 Å². The molecule has 1 aromatic heterocycles. The summed E-state index contributed by atoms with van der Waals surface area (Å²) in [6.45, 7) is 11.7. The van der Waals surface area contributed by atoms with Crippen LogP contribution >= 0.6 is 23.1 Å². The van der Waals surface area contributed by atoms with Gasteiger partial charge in [0, 0.05) is 36.0 Å². The number of hydrogen-bond donors (Lipinski definition) is 1. The van der Waals surface area contributed by atoms with Gasteiger partial charge in [-0.05, 0) is 19.8 Å². The van der Waals surface area contributed by atoms with Crippen LogP contribution in [0.3, 0.4) is 0 Å². The summed E-state index contributed by atoms with van der Waals surface area (Å²) >= 11 is 3.86. The molecule has 1 aliphatic heterocycles. The molecule has 2 heterocycles. The lowest BCUT2D eigenvalue weighted by Gasteiger charge is -2.36. The molecule has 0 bridgehead atoms. The Morgan fingerprint density at radius 1 is 1.48 bits per heavy atom. The number of thiazole rings is 1. The first-order valence-corrected chi connectivity index (χ1v) is 9.38. The Kier molecular flexibility index (Phi) is 5.93. The van der Waals surface area contributed by atoms with Crippen molar-refractivity contribution >= 4 is 29.1 Å². The van der Waals surface area contributed by atoms with E-state index < -0.39 is 0 Å². The topological polar surface area (TPSA) is 40.5 Å². The number of thioether (sulfide) groups is 1. The van der Waals surface area contributed by atoms with E-state index in [0.29, 0.717) is 11.2 Å². The van der Waals surface area contributed by atoms with Crippen LogP contribution in [0.2, 0.25) is 0 Å². The SMILES string of the molecule is CN=C(NCc1sc(C)nc1C)N1CCSC(C(C)C)C1. The van der Waals surface area contributed by atoms with Crippen LogP contribution in [0.25, 0.3) is 0 Å². The van der Waals surface area contributed by atoms with E-state index in [0.717, 1.165) is 36.3 Å². The lowest BCUT2D eigenvalue weighted by molar-refractivity contribution is 0.381. The van der Waals surface area contributed by atoms with Crippen molar-refractivity contribution in [1.29, 1.82) is 0 Å². The smallest absolute Gasteiger partial charge is 0.194 e. The minimum absolute atomic E-state index is 0.699. The first-order chi connectivity index (χ1) is 10.0. The Morgan fingerprint density at radius 3 is 2.81 bits per heavy atom. The largest absolute Gasteiger partial charge is 0.351 e. The summed E-state index contributed by atoms with van der Waals surface area (Å²) in [5.41, 5.74) is 1.13. The van der Waals surface area contributed by atoms with Crippen molar-refractivity contribution < 1.29 is 0 Å². The first kappa shape index (κ1) is 16.6. The van der Waals surface area contributed by atoms with E-state index in [1.54, 1.807) is 11.3 Å². The van der Waals surface area contributed by atoms with Gasteiger partial charge in [-0.25, -0.2) is 4.98 Å². The van der Waals surface area contributed by atoms with Gasteiger partial charge in [0.15, 0.2) is 5.96 Å². The zero-order valence-electron chi connectivity index (χ0n) is 13.6. The monoisotopic (exact) mass is 326 g/mol. The zero-order chi connectivity index (χ0) is 15.4. The van der Waals surface area contributed by atoms with Crippen molar-refractivity contribution in [3.8, 4) is 0 Å². The van der Waals surface area contributed by atoms with Crippen molar-refractivity contribution in [2.24, 2.45) is 10.9 Å².